The second-order valence-electron chi connectivity index (χ2n) is 5.04. The van der Waals surface area contributed by atoms with Crippen molar-refractivity contribution in [1.29, 1.82) is 0 Å². The molecular formula is C12H16N4O4. The molecule has 3 rings (SSSR count). The lowest BCUT2D eigenvalue weighted by Crippen LogP contribution is -2.39. The molecule has 8 nitrogen and oxygen atoms in total. The molecule has 0 aromatic carbocycles. The highest BCUT2D eigenvalue weighted by Crippen LogP contribution is 2.40. The van der Waals surface area contributed by atoms with Crippen molar-refractivity contribution in [2.24, 2.45) is 0 Å². The third kappa shape index (κ3) is 1.63. The van der Waals surface area contributed by atoms with Crippen molar-refractivity contribution >= 4 is 11.3 Å². The summed E-state index contributed by atoms with van der Waals surface area (Å²) in [7, 11) is 0. The Hall–Kier alpha value is -1.74. The van der Waals surface area contributed by atoms with Gasteiger partial charge < -0.3 is 25.8 Å². The third-order valence-electron chi connectivity index (χ3n) is 3.84. The van der Waals surface area contributed by atoms with E-state index in [-0.39, 0.29) is 6.61 Å². The lowest BCUT2D eigenvalue weighted by Gasteiger charge is -2.27. The van der Waals surface area contributed by atoms with Crippen LogP contribution in [0.5, 0.6) is 0 Å². The van der Waals surface area contributed by atoms with Crippen LogP contribution in [0.1, 0.15) is 12.6 Å². The number of aliphatic hydroxyl groups excluding tert-OH is 3. The average Bonchev–Trinajstić information content (AvgIpc) is 2.96. The summed E-state index contributed by atoms with van der Waals surface area (Å²) in [4.78, 5) is 3.89. The van der Waals surface area contributed by atoms with Crippen molar-refractivity contribution in [3.8, 4) is 0 Å². The van der Waals surface area contributed by atoms with Gasteiger partial charge in [-0.1, -0.05) is 0 Å². The fourth-order valence-electron chi connectivity index (χ4n) is 2.67. The van der Waals surface area contributed by atoms with Crippen LogP contribution in [-0.4, -0.2) is 54.8 Å². The van der Waals surface area contributed by atoms with Crippen molar-refractivity contribution in [2.75, 3.05) is 12.3 Å². The zero-order valence-electron chi connectivity index (χ0n) is 10.8. The van der Waals surface area contributed by atoms with Gasteiger partial charge in [0, 0.05) is 0 Å². The second kappa shape index (κ2) is 4.38. The summed E-state index contributed by atoms with van der Waals surface area (Å²) in [6, 6.07) is 3.42. The van der Waals surface area contributed by atoms with Crippen LogP contribution in [0.2, 0.25) is 0 Å². The number of hydrogen-bond acceptors (Lipinski definition) is 7. The van der Waals surface area contributed by atoms with E-state index >= 15 is 0 Å². The van der Waals surface area contributed by atoms with Gasteiger partial charge in [-0.15, -0.1) is 0 Å². The molecule has 0 aliphatic carbocycles. The lowest BCUT2D eigenvalue weighted by molar-refractivity contribution is -0.0890. The number of nitrogens with zero attached hydrogens (tertiary/aromatic N) is 3. The Kier molecular flexibility index (Phi) is 2.91. The average molecular weight is 280 g/mol. The van der Waals surface area contributed by atoms with E-state index in [0.29, 0.717) is 17.0 Å². The minimum atomic E-state index is -1.19. The van der Waals surface area contributed by atoms with E-state index < -0.39 is 23.9 Å². The minimum Gasteiger partial charge on any atom is -0.394 e. The standard InChI is InChI=1S/C12H16N4O4/c1-12(10(19)9(18)7(4-17)20-12)8-3-2-6-11(13)14-5-15-16(6)8/h2-3,5,7,9-10,17-19H,4H2,1H3,(H2,13,14,15). The van der Waals surface area contributed by atoms with E-state index in [1.165, 1.54) is 10.8 Å². The summed E-state index contributed by atoms with van der Waals surface area (Å²) in [5, 5.41) is 33.4. The van der Waals surface area contributed by atoms with Crippen LogP contribution < -0.4 is 5.73 Å². The maximum atomic E-state index is 10.2. The van der Waals surface area contributed by atoms with Gasteiger partial charge in [0.15, 0.2) is 5.82 Å². The van der Waals surface area contributed by atoms with Crippen molar-refractivity contribution in [3.63, 3.8) is 0 Å². The highest BCUT2D eigenvalue weighted by molar-refractivity contribution is 5.65. The molecule has 1 saturated heterocycles. The quantitative estimate of drug-likeness (QED) is 0.535. The van der Waals surface area contributed by atoms with Crippen LogP contribution in [0.15, 0.2) is 18.5 Å². The van der Waals surface area contributed by atoms with Crippen molar-refractivity contribution in [1.82, 2.24) is 14.6 Å². The summed E-state index contributed by atoms with van der Waals surface area (Å²) in [5.41, 5.74) is 5.68. The lowest BCUT2D eigenvalue weighted by atomic mass is 9.93. The van der Waals surface area contributed by atoms with E-state index in [9.17, 15) is 15.3 Å². The molecule has 20 heavy (non-hydrogen) atoms. The molecular weight excluding hydrogens is 264 g/mol. The smallest absolute Gasteiger partial charge is 0.151 e. The Bertz CT molecular complexity index is 645. The molecule has 4 atom stereocenters. The zero-order chi connectivity index (χ0) is 14.5. The number of hydrogen-bond donors (Lipinski definition) is 4. The Morgan fingerprint density at radius 2 is 2.20 bits per heavy atom. The molecule has 1 fully saturated rings. The molecule has 1 aliphatic rings. The Labute approximate surface area is 114 Å². The van der Waals surface area contributed by atoms with Gasteiger partial charge >= 0.3 is 0 Å². The predicted molar refractivity (Wildman–Crippen MR) is 68.7 cm³/mol. The highest BCUT2D eigenvalue weighted by atomic mass is 16.6. The second-order valence-corrected chi connectivity index (χ2v) is 5.04. The summed E-state index contributed by atoms with van der Waals surface area (Å²) in [5.74, 6) is 0.307. The molecule has 3 heterocycles. The molecule has 4 unspecified atom stereocenters. The Balaban J connectivity index is 2.13. The number of rotatable bonds is 2. The van der Waals surface area contributed by atoms with E-state index in [0.717, 1.165) is 0 Å². The minimum absolute atomic E-state index is 0.307. The fraction of sp³-hybridized carbons (Fsp3) is 0.500. The fourth-order valence-corrected chi connectivity index (χ4v) is 2.67. The molecule has 2 aromatic heterocycles. The molecule has 1 aliphatic heterocycles. The summed E-state index contributed by atoms with van der Waals surface area (Å²) < 4.78 is 7.15. The van der Waals surface area contributed by atoms with E-state index in [1.807, 2.05) is 0 Å². The number of fused-ring (bicyclic) bond motifs is 1. The molecule has 8 heteroatoms. The van der Waals surface area contributed by atoms with E-state index in [1.54, 1.807) is 19.1 Å². The number of ether oxygens (including phenoxy) is 1. The summed E-state index contributed by atoms with van der Waals surface area (Å²) >= 11 is 0. The van der Waals surface area contributed by atoms with Crippen LogP contribution in [0.25, 0.3) is 5.52 Å². The van der Waals surface area contributed by atoms with Gasteiger partial charge in [0.1, 0.15) is 35.8 Å². The molecule has 0 amide bonds. The number of aliphatic hydroxyl groups is 3. The molecule has 2 aromatic rings. The first-order valence-electron chi connectivity index (χ1n) is 6.22. The Morgan fingerprint density at radius 1 is 1.45 bits per heavy atom. The number of nitrogens with two attached hydrogens (primary N) is 1. The van der Waals surface area contributed by atoms with Gasteiger partial charge in [0.2, 0.25) is 0 Å². The molecule has 0 spiro atoms. The normalized spacial score (nSPS) is 33.9. The topological polar surface area (TPSA) is 126 Å². The number of aromatic nitrogens is 3. The molecule has 5 N–H and O–H groups in total. The SMILES string of the molecule is CC1(c2ccc3c(N)ncnn23)OC(CO)C(O)C1O. The van der Waals surface area contributed by atoms with Gasteiger partial charge in [0.05, 0.1) is 12.3 Å². The number of nitrogen functional groups attached to an aromatic ring is 1. The highest BCUT2D eigenvalue weighted by Gasteiger charge is 2.53. The Morgan fingerprint density at radius 3 is 2.85 bits per heavy atom. The van der Waals surface area contributed by atoms with Crippen LogP contribution in [0.3, 0.4) is 0 Å². The van der Waals surface area contributed by atoms with Gasteiger partial charge in [-0.3, -0.25) is 0 Å². The summed E-state index contributed by atoms with van der Waals surface area (Å²) in [6.07, 6.45) is -1.90. The predicted octanol–water partition coefficient (Wildman–Crippen LogP) is -1.36. The van der Waals surface area contributed by atoms with E-state index in [4.69, 9.17) is 10.5 Å². The molecule has 0 radical (unpaired) electrons. The number of anilines is 1. The van der Waals surface area contributed by atoms with Gasteiger partial charge in [-0.25, -0.2) is 9.50 Å². The first-order valence-corrected chi connectivity index (χ1v) is 6.22. The van der Waals surface area contributed by atoms with Gasteiger partial charge in [-0.2, -0.15) is 5.10 Å². The van der Waals surface area contributed by atoms with Crippen LogP contribution in [0, 0.1) is 0 Å². The largest absolute Gasteiger partial charge is 0.394 e. The monoisotopic (exact) mass is 280 g/mol. The van der Waals surface area contributed by atoms with Crippen molar-refractivity contribution in [3.05, 3.63) is 24.2 Å². The maximum Gasteiger partial charge on any atom is 0.151 e. The first kappa shape index (κ1) is 13.3. The van der Waals surface area contributed by atoms with Gasteiger partial charge in [0.25, 0.3) is 0 Å². The first-order chi connectivity index (χ1) is 9.49. The summed E-state index contributed by atoms with van der Waals surface area (Å²) in [6.45, 7) is 1.25. The maximum absolute atomic E-state index is 10.2. The molecule has 108 valence electrons. The molecule has 0 saturated carbocycles. The van der Waals surface area contributed by atoms with Gasteiger partial charge in [-0.05, 0) is 19.1 Å². The zero-order valence-corrected chi connectivity index (χ0v) is 10.8. The van der Waals surface area contributed by atoms with Crippen LogP contribution in [-0.2, 0) is 10.3 Å². The van der Waals surface area contributed by atoms with Crippen molar-refractivity contribution in [2.45, 2.75) is 30.8 Å². The molecule has 0 bridgehead atoms. The van der Waals surface area contributed by atoms with E-state index in [2.05, 4.69) is 10.1 Å². The van der Waals surface area contributed by atoms with Crippen LogP contribution in [0.4, 0.5) is 5.82 Å². The third-order valence-corrected chi connectivity index (χ3v) is 3.84. The van der Waals surface area contributed by atoms with Crippen molar-refractivity contribution < 1.29 is 20.1 Å². The van der Waals surface area contributed by atoms with Crippen LogP contribution >= 0.6 is 0 Å².